The van der Waals surface area contributed by atoms with Crippen LogP contribution in [0.25, 0.3) is 0 Å². The number of carbonyl (C=O) groups is 1. The minimum absolute atomic E-state index is 0.206. The van der Waals surface area contributed by atoms with Crippen LogP contribution in [-0.2, 0) is 0 Å². The number of nitrogens with one attached hydrogen (secondary N) is 1. The lowest BCUT2D eigenvalue weighted by molar-refractivity contribution is 0.0955. The summed E-state index contributed by atoms with van der Waals surface area (Å²) in [7, 11) is 0. The van der Waals surface area contributed by atoms with Gasteiger partial charge in [-0.25, -0.2) is 5.43 Å². The first-order valence-corrected chi connectivity index (χ1v) is 6.12. The average Bonchev–Trinajstić information content (AvgIpc) is 2.43. The Labute approximate surface area is 113 Å². The summed E-state index contributed by atoms with van der Waals surface area (Å²) in [5.74, 6) is -0.206. The molecular weight excluding hydrogens is 236 g/mol. The maximum atomic E-state index is 11.8. The summed E-state index contributed by atoms with van der Waals surface area (Å²) in [5.41, 5.74) is 6.43. The molecule has 0 aromatic heterocycles. The van der Waals surface area contributed by atoms with Gasteiger partial charge in [0.25, 0.3) is 5.91 Å². The van der Waals surface area contributed by atoms with E-state index in [-0.39, 0.29) is 5.91 Å². The Balaban J connectivity index is 2.04. The molecule has 2 aromatic rings. The van der Waals surface area contributed by atoms with Crippen molar-refractivity contribution in [2.24, 2.45) is 5.10 Å². The summed E-state index contributed by atoms with van der Waals surface area (Å²) in [6.07, 6.45) is 1.67. The van der Waals surface area contributed by atoms with Crippen LogP contribution >= 0.6 is 0 Å². The van der Waals surface area contributed by atoms with Crippen LogP contribution in [0.5, 0.6) is 0 Å². The van der Waals surface area contributed by atoms with Crippen molar-refractivity contribution >= 4 is 12.1 Å². The molecule has 0 aliphatic heterocycles. The van der Waals surface area contributed by atoms with E-state index in [2.05, 4.69) is 16.6 Å². The van der Waals surface area contributed by atoms with Gasteiger partial charge >= 0.3 is 0 Å². The Morgan fingerprint density at radius 1 is 1.11 bits per heavy atom. The number of hydrogen-bond acceptors (Lipinski definition) is 2. The Morgan fingerprint density at radius 3 is 2.58 bits per heavy atom. The second-order valence-electron chi connectivity index (χ2n) is 4.43. The van der Waals surface area contributed by atoms with E-state index in [1.54, 1.807) is 18.3 Å². The number of amides is 1. The van der Waals surface area contributed by atoms with Gasteiger partial charge < -0.3 is 0 Å². The second kappa shape index (κ2) is 5.96. The summed E-state index contributed by atoms with van der Waals surface area (Å²) >= 11 is 0. The molecule has 1 amide bonds. The molecule has 0 fully saturated rings. The average molecular weight is 252 g/mol. The van der Waals surface area contributed by atoms with Gasteiger partial charge in [0, 0.05) is 5.56 Å². The van der Waals surface area contributed by atoms with E-state index >= 15 is 0 Å². The molecule has 0 spiro atoms. The Kier molecular flexibility index (Phi) is 4.08. The molecule has 0 aliphatic carbocycles. The zero-order valence-electron chi connectivity index (χ0n) is 11.1. The van der Waals surface area contributed by atoms with Gasteiger partial charge in [0.15, 0.2) is 0 Å². The number of rotatable bonds is 3. The van der Waals surface area contributed by atoms with E-state index in [0.717, 1.165) is 11.1 Å². The van der Waals surface area contributed by atoms with Crippen molar-refractivity contribution in [3.8, 4) is 0 Å². The summed E-state index contributed by atoms with van der Waals surface area (Å²) in [6, 6.07) is 15.1. The Hall–Kier alpha value is -2.42. The van der Waals surface area contributed by atoms with Gasteiger partial charge in [0.2, 0.25) is 0 Å². The monoisotopic (exact) mass is 252 g/mol. The first-order chi connectivity index (χ1) is 9.16. The van der Waals surface area contributed by atoms with Crippen LogP contribution in [0, 0.1) is 13.8 Å². The maximum Gasteiger partial charge on any atom is 0.271 e. The first-order valence-electron chi connectivity index (χ1n) is 6.12. The fourth-order valence-corrected chi connectivity index (χ4v) is 1.71. The van der Waals surface area contributed by atoms with Crippen LogP contribution < -0.4 is 5.43 Å². The molecule has 0 aliphatic rings. The van der Waals surface area contributed by atoms with Crippen molar-refractivity contribution in [3.05, 3.63) is 70.8 Å². The van der Waals surface area contributed by atoms with Crippen LogP contribution in [0.15, 0.2) is 53.6 Å². The van der Waals surface area contributed by atoms with E-state index in [4.69, 9.17) is 0 Å². The summed E-state index contributed by atoms with van der Waals surface area (Å²) in [6.45, 7) is 4.04. The van der Waals surface area contributed by atoms with Gasteiger partial charge in [0.1, 0.15) is 0 Å². The van der Waals surface area contributed by atoms with Crippen LogP contribution in [-0.4, -0.2) is 12.1 Å². The summed E-state index contributed by atoms with van der Waals surface area (Å²) < 4.78 is 0. The summed E-state index contributed by atoms with van der Waals surface area (Å²) in [4.78, 5) is 11.8. The van der Waals surface area contributed by atoms with Crippen molar-refractivity contribution in [2.45, 2.75) is 13.8 Å². The highest BCUT2D eigenvalue weighted by Gasteiger charge is 2.01. The van der Waals surface area contributed by atoms with Crippen LogP contribution in [0.3, 0.4) is 0 Å². The quantitative estimate of drug-likeness (QED) is 0.662. The number of hydrogen-bond donors (Lipinski definition) is 1. The second-order valence-corrected chi connectivity index (χ2v) is 4.43. The molecule has 96 valence electrons. The largest absolute Gasteiger partial charge is 0.271 e. The minimum Gasteiger partial charge on any atom is -0.267 e. The zero-order valence-corrected chi connectivity index (χ0v) is 11.1. The molecule has 0 saturated heterocycles. The molecule has 0 saturated carbocycles. The standard InChI is InChI=1S/C16H16N2O/c1-12-8-9-13(2)15(10-12)11-17-18-16(19)14-6-4-3-5-7-14/h3-11H,1-2H3,(H,18,19)/b17-11-. The van der Waals surface area contributed by atoms with Crippen molar-refractivity contribution < 1.29 is 4.79 Å². The van der Waals surface area contributed by atoms with E-state index in [9.17, 15) is 4.79 Å². The molecular formula is C16H16N2O. The summed E-state index contributed by atoms with van der Waals surface area (Å²) in [5, 5.41) is 4.00. The van der Waals surface area contributed by atoms with E-state index in [0.29, 0.717) is 5.56 Å². The van der Waals surface area contributed by atoms with E-state index in [1.807, 2.05) is 44.2 Å². The number of nitrogens with zero attached hydrogens (tertiary/aromatic N) is 1. The maximum absolute atomic E-state index is 11.8. The van der Waals surface area contributed by atoms with Gasteiger partial charge in [0.05, 0.1) is 6.21 Å². The molecule has 3 nitrogen and oxygen atoms in total. The molecule has 2 aromatic carbocycles. The molecule has 0 radical (unpaired) electrons. The molecule has 0 bridgehead atoms. The molecule has 19 heavy (non-hydrogen) atoms. The lowest BCUT2D eigenvalue weighted by Gasteiger charge is -2.02. The van der Waals surface area contributed by atoms with Crippen LogP contribution in [0.1, 0.15) is 27.0 Å². The number of hydrazone groups is 1. The zero-order chi connectivity index (χ0) is 13.7. The number of aryl methyl sites for hydroxylation is 2. The highest BCUT2D eigenvalue weighted by atomic mass is 16.2. The molecule has 2 rings (SSSR count). The number of benzene rings is 2. The predicted octanol–water partition coefficient (Wildman–Crippen LogP) is 3.07. The normalized spacial score (nSPS) is 10.6. The lowest BCUT2D eigenvalue weighted by atomic mass is 10.1. The number of carbonyl (C=O) groups excluding carboxylic acids is 1. The van der Waals surface area contributed by atoms with Crippen LogP contribution in [0.2, 0.25) is 0 Å². The Morgan fingerprint density at radius 2 is 1.84 bits per heavy atom. The van der Waals surface area contributed by atoms with E-state index in [1.165, 1.54) is 5.56 Å². The third-order valence-electron chi connectivity index (χ3n) is 2.84. The van der Waals surface area contributed by atoms with Crippen molar-refractivity contribution in [1.82, 2.24) is 5.43 Å². The van der Waals surface area contributed by atoms with Crippen molar-refractivity contribution in [1.29, 1.82) is 0 Å². The third kappa shape index (κ3) is 3.52. The van der Waals surface area contributed by atoms with Gasteiger partial charge in [-0.15, -0.1) is 0 Å². The fourth-order valence-electron chi connectivity index (χ4n) is 1.71. The smallest absolute Gasteiger partial charge is 0.267 e. The van der Waals surface area contributed by atoms with Gasteiger partial charge in [-0.3, -0.25) is 4.79 Å². The van der Waals surface area contributed by atoms with Gasteiger partial charge in [-0.1, -0.05) is 42.0 Å². The molecule has 0 atom stereocenters. The topological polar surface area (TPSA) is 41.5 Å². The molecule has 1 N–H and O–H groups in total. The van der Waals surface area contributed by atoms with E-state index < -0.39 is 0 Å². The van der Waals surface area contributed by atoms with Gasteiger partial charge in [-0.05, 0) is 37.1 Å². The first kappa shape index (κ1) is 13.0. The highest BCUT2D eigenvalue weighted by Crippen LogP contribution is 2.07. The molecule has 3 heteroatoms. The predicted molar refractivity (Wildman–Crippen MR) is 77.4 cm³/mol. The van der Waals surface area contributed by atoms with Crippen molar-refractivity contribution in [2.75, 3.05) is 0 Å². The van der Waals surface area contributed by atoms with Crippen LogP contribution in [0.4, 0.5) is 0 Å². The molecule has 0 heterocycles. The molecule has 0 unspecified atom stereocenters. The Bertz CT molecular complexity index is 603. The minimum atomic E-state index is -0.206. The SMILES string of the molecule is Cc1ccc(C)c(/C=N\NC(=O)c2ccccc2)c1. The van der Waals surface area contributed by atoms with Crippen molar-refractivity contribution in [3.63, 3.8) is 0 Å². The fraction of sp³-hybridized carbons (Fsp3) is 0.125. The lowest BCUT2D eigenvalue weighted by Crippen LogP contribution is -2.17. The highest BCUT2D eigenvalue weighted by molar-refractivity contribution is 5.94. The van der Waals surface area contributed by atoms with Gasteiger partial charge in [-0.2, -0.15) is 5.10 Å². The third-order valence-corrected chi connectivity index (χ3v) is 2.84.